The fraction of sp³-hybridized carbons (Fsp3) is 0.769. The highest BCUT2D eigenvalue weighted by Crippen LogP contribution is 2.18. The van der Waals surface area contributed by atoms with Crippen molar-refractivity contribution in [1.29, 1.82) is 0 Å². The molecule has 2 rings (SSSR count). The number of hydrogen-bond acceptors (Lipinski definition) is 4. The van der Waals surface area contributed by atoms with E-state index in [2.05, 4.69) is 22.2 Å². The second-order valence-electron chi connectivity index (χ2n) is 5.19. The molecule has 1 fully saturated rings. The summed E-state index contributed by atoms with van der Waals surface area (Å²) < 4.78 is 5.20. The van der Waals surface area contributed by atoms with E-state index in [1.54, 1.807) is 0 Å². The van der Waals surface area contributed by atoms with Crippen molar-refractivity contribution in [3.63, 3.8) is 0 Å². The zero-order chi connectivity index (χ0) is 13.7. The lowest BCUT2D eigenvalue weighted by molar-refractivity contribution is 0.0268. The van der Waals surface area contributed by atoms with Crippen molar-refractivity contribution in [3.8, 4) is 0 Å². The van der Waals surface area contributed by atoms with Crippen molar-refractivity contribution < 1.29 is 9.84 Å². The third-order valence-corrected chi connectivity index (χ3v) is 3.70. The number of aryl methyl sites for hydroxylation is 1. The van der Waals surface area contributed by atoms with Gasteiger partial charge in [-0.05, 0) is 6.42 Å². The minimum Gasteiger partial charge on any atom is -0.386 e. The molecule has 1 aliphatic heterocycles. The molecule has 5 nitrogen and oxygen atoms in total. The molecule has 0 radical (unpaired) electrons. The normalized spacial score (nSPS) is 23.1. The molecule has 1 aliphatic rings. The third kappa shape index (κ3) is 4.18. The molecule has 6 heteroatoms. The Kier molecular flexibility index (Phi) is 5.21. The van der Waals surface area contributed by atoms with E-state index in [1.807, 2.05) is 0 Å². The van der Waals surface area contributed by atoms with Crippen LogP contribution in [0.1, 0.15) is 37.7 Å². The average Bonchev–Trinajstić information content (AvgIpc) is 2.95. The van der Waals surface area contributed by atoms with Crippen LogP contribution in [0.5, 0.6) is 0 Å². The molecule has 0 spiro atoms. The van der Waals surface area contributed by atoms with Crippen LogP contribution >= 0.6 is 11.6 Å². The Hall–Kier alpha value is -0.620. The number of hydrogen-bond donors (Lipinski definition) is 3. The number of unbranched alkanes of at least 4 members (excludes halogenated alkanes) is 1. The smallest absolute Gasteiger partial charge is 0.151 e. The van der Waals surface area contributed by atoms with Gasteiger partial charge in [-0.1, -0.05) is 24.9 Å². The first-order chi connectivity index (χ1) is 9.13. The Bertz CT molecular complexity index is 403. The highest BCUT2D eigenvalue weighted by Gasteiger charge is 2.31. The number of H-pyrrole nitrogens is 1. The van der Waals surface area contributed by atoms with Crippen molar-refractivity contribution >= 4 is 11.6 Å². The van der Waals surface area contributed by atoms with Gasteiger partial charge in [-0.2, -0.15) is 0 Å². The number of nitrogens with zero attached hydrogens (tertiary/aromatic N) is 1. The van der Waals surface area contributed by atoms with Crippen LogP contribution in [0.4, 0.5) is 0 Å². The SMILES string of the molecule is CCCCc1nc(Cl)c(CNCC2(O)CCOC2)[nH]1. The highest BCUT2D eigenvalue weighted by molar-refractivity contribution is 6.30. The second-order valence-corrected chi connectivity index (χ2v) is 5.54. The number of aromatic amines is 1. The lowest BCUT2D eigenvalue weighted by atomic mass is 10.0. The summed E-state index contributed by atoms with van der Waals surface area (Å²) in [7, 11) is 0. The Morgan fingerprint density at radius 1 is 1.58 bits per heavy atom. The molecule has 3 N–H and O–H groups in total. The van der Waals surface area contributed by atoms with Gasteiger partial charge in [0.2, 0.25) is 0 Å². The molecule has 0 amide bonds. The predicted molar refractivity (Wildman–Crippen MR) is 74.3 cm³/mol. The number of ether oxygens (including phenoxy) is 1. The number of aliphatic hydroxyl groups is 1. The molecular formula is C13H22ClN3O2. The molecule has 1 atom stereocenters. The van der Waals surface area contributed by atoms with E-state index in [1.165, 1.54) is 0 Å². The Morgan fingerprint density at radius 2 is 2.42 bits per heavy atom. The van der Waals surface area contributed by atoms with Crippen LogP contribution in [-0.4, -0.2) is 40.4 Å². The summed E-state index contributed by atoms with van der Waals surface area (Å²) in [5, 5.41) is 13.8. The van der Waals surface area contributed by atoms with Crippen LogP contribution in [0.15, 0.2) is 0 Å². The van der Waals surface area contributed by atoms with Crippen LogP contribution in [0, 0.1) is 0 Å². The van der Waals surface area contributed by atoms with Gasteiger partial charge in [0.25, 0.3) is 0 Å². The van der Waals surface area contributed by atoms with Gasteiger partial charge in [-0.3, -0.25) is 0 Å². The molecule has 108 valence electrons. The lowest BCUT2D eigenvalue weighted by Crippen LogP contribution is -2.40. The fourth-order valence-electron chi connectivity index (χ4n) is 2.18. The van der Waals surface area contributed by atoms with Gasteiger partial charge in [0, 0.05) is 32.5 Å². The molecule has 1 saturated heterocycles. The first kappa shape index (κ1) is 14.8. The van der Waals surface area contributed by atoms with E-state index < -0.39 is 5.60 Å². The maximum Gasteiger partial charge on any atom is 0.151 e. The largest absolute Gasteiger partial charge is 0.386 e. The first-order valence-electron chi connectivity index (χ1n) is 6.87. The van der Waals surface area contributed by atoms with Crippen molar-refractivity contribution in [2.75, 3.05) is 19.8 Å². The van der Waals surface area contributed by atoms with Gasteiger partial charge >= 0.3 is 0 Å². The number of nitrogens with one attached hydrogen (secondary N) is 2. The summed E-state index contributed by atoms with van der Waals surface area (Å²) in [4.78, 5) is 7.53. The molecule has 19 heavy (non-hydrogen) atoms. The summed E-state index contributed by atoms with van der Waals surface area (Å²) in [6.07, 6.45) is 3.85. The van der Waals surface area contributed by atoms with E-state index in [9.17, 15) is 5.11 Å². The van der Waals surface area contributed by atoms with Crippen molar-refractivity contribution in [3.05, 3.63) is 16.7 Å². The maximum atomic E-state index is 10.1. The van der Waals surface area contributed by atoms with Crippen molar-refractivity contribution in [2.45, 2.75) is 44.8 Å². The van der Waals surface area contributed by atoms with Gasteiger partial charge in [-0.15, -0.1) is 0 Å². The molecule has 0 aliphatic carbocycles. The molecule has 0 aromatic carbocycles. The molecule has 0 bridgehead atoms. The van der Waals surface area contributed by atoms with Crippen LogP contribution in [-0.2, 0) is 17.7 Å². The quantitative estimate of drug-likeness (QED) is 0.713. The Balaban J connectivity index is 1.80. The molecule has 1 unspecified atom stereocenters. The molecule has 1 aromatic rings. The van der Waals surface area contributed by atoms with E-state index in [0.29, 0.717) is 37.9 Å². The third-order valence-electron chi connectivity index (χ3n) is 3.38. The van der Waals surface area contributed by atoms with Crippen molar-refractivity contribution in [1.82, 2.24) is 15.3 Å². The number of imidazole rings is 1. The van der Waals surface area contributed by atoms with Gasteiger partial charge in [0.05, 0.1) is 12.3 Å². The lowest BCUT2D eigenvalue weighted by Gasteiger charge is -2.20. The molecule has 0 saturated carbocycles. The first-order valence-corrected chi connectivity index (χ1v) is 7.25. The van der Waals surface area contributed by atoms with E-state index in [4.69, 9.17) is 16.3 Å². The van der Waals surface area contributed by atoms with Crippen LogP contribution in [0.25, 0.3) is 0 Å². The van der Waals surface area contributed by atoms with Crippen LogP contribution in [0.3, 0.4) is 0 Å². The topological polar surface area (TPSA) is 70.2 Å². The summed E-state index contributed by atoms with van der Waals surface area (Å²) in [6, 6.07) is 0. The van der Waals surface area contributed by atoms with Crippen molar-refractivity contribution in [2.24, 2.45) is 0 Å². The van der Waals surface area contributed by atoms with Gasteiger partial charge < -0.3 is 20.1 Å². The van der Waals surface area contributed by atoms with Gasteiger partial charge in [0.1, 0.15) is 11.4 Å². The molecule has 2 heterocycles. The summed E-state index contributed by atoms with van der Waals surface area (Å²) in [5.74, 6) is 0.937. The van der Waals surface area contributed by atoms with E-state index >= 15 is 0 Å². The summed E-state index contributed by atoms with van der Waals surface area (Å²) in [6.45, 7) is 4.27. The minimum atomic E-state index is -0.739. The number of rotatable bonds is 7. The Morgan fingerprint density at radius 3 is 3.11 bits per heavy atom. The number of aromatic nitrogens is 2. The average molecular weight is 288 g/mol. The fourth-order valence-corrected chi connectivity index (χ4v) is 2.39. The van der Waals surface area contributed by atoms with Crippen LogP contribution < -0.4 is 5.32 Å². The monoisotopic (exact) mass is 287 g/mol. The molecule has 1 aromatic heterocycles. The van der Waals surface area contributed by atoms with E-state index in [-0.39, 0.29) is 0 Å². The maximum absolute atomic E-state index is 10.1. The van der Waals surface area contributed by atoms with Gasteiger partial charge in [0.15, 0.2) is 5.15 Å². The van der Waals surface area contributed by atoms with Gasteiger partial charge in [-0.25, -0.2) is 4.98 Å². The van der Waals surface area contributed by atoms with E-state index in [0.717, 1.165) is 30.8 Å². The van der Waals surface area contributed by atoms with Crippen LogP contribution in [0.2, 0.25) is 5.15 Å². The molecular weight excluding hydrogens is 266 g/mol. The standard InChI is InChI=1S/C13H22ClN3O2/c1-2-3-4-11-16-10(12(14)17-11)7-15-8-13(18)5-6-19-9-13/h15,18H,2-9H2,1H3,(H,16,17). The zero-order valence-electron chi connectivity index (χ0n) is 11.3. The Labute approximate surface area is 118 Å². The highest BCUT2D eigenvalue weighted by atomic mass is 35.5. The number of halogens is 1. The zero-order valence-corrected chi connectivity index (χ0v) is 12.1. The minimum absolute atomic E-state index is 0.401. The predicted octanol–water partition coefficient (Wildman–Crippen LogP) is 1.65. The summed E-state index contributed by atoms with van der Waals surface area (Å²) in [5.41, 5.74) is 0.146. The second kappa shape index (κ2) is 6.70. The summed E-state index contributed by atoms with van der Waals surface area (Å²) >= 11 is 6.08.